The molecule has 0 bridgehead atoms. The van der Waals surface area contributed by atoms with Gasteiger partial charge in [-0.05, 0) is 31.0 Å². The van der Waals surface area contributed by atoms with Gasteiger partial charge < -0.3 is 9.80 Å². The van der Waals surface area contributed by atoms with Gasteiger partial charge in [-0.25, -0.2) is 4.98 Å². The molecule has 1 amide bonds. The Morgan fingerprint density at radius 3 is 2.59 bits per heavy atom. The number of thioether (sulfide) groups is 1. The lowest BCUT2D eigenvalue weighted by Crippen LogP contribution is -2.49. The maximum absolute atomic E-state index is 13.1. The average molecular weight is 413 g/mol. The summed E-state index contributed by atoms with van der Waals surface area (Å²) >= 11 is 1.74. The second kappa shape index (κ2) is 8.82. The van der Waals surface area contributed by atoms with Gasteiger partial charge in [-0.3, -0.25) is 14.9 Å². The number of aromatic nitrogens is 1. The second-order valence-electron chi connectivity index (χ2n) is 7.44. The van der Waals surface area contributed by atoms with Crippen molar-refractivity contribution in [3.05, 3.63) is 58.3 Å². The van der Waals surface area contributed by atoms with Crippen molar-refractivity contribution in [3.63, 3.8) is 0 Å². The Kier molecular flexibility index (Phi) is 5.99. The van der Waals surface area contributed by atoms with Crippen LogP contribution in [0, 0.1) is 10.1 Å². The number of hydrogen-bond donors (Lipinski definition) is 0. The Hall–Kier alpha value is -2.61. The number of nitrogens with zero attached hydrogens (tertiary/aromatic N) is 4. The molecular formula is C21H24N4O3S. The standard InChI is InChI=1S/C21H24N4O3S/c26-21(19-9-4-10-22-20(19)29-18-7-1-2-8-18)24-13-11-23(12-14-24)16-5-3-6-17(15-16)25(27)28/h3-6,9-10,15,18H,1-2,7-8,11-14H2. The highest BCUT2D eigenvalue weighted by atomic mass is 32.2. The first kappa shape index (κ1) is 19.7. The number of amides is 1. The smallest absolute Gasteiger partial charge is 0.271 e. The maximum Gasteiger partial charge on any atom is 0.271 e. The third-order valence-electron chi connectivity index (χ3n) is 5.55. The predicted molar refractivity (Wildman–Crippen MR) is 114 cm³/mol. The lowest BCUT2D eigenvalue weighted by atomic mass is 10.2. The van der Waals surface area contributed by atoms with E-state index in [4.69, 9.17) is 0 Å². The summed E-state index contributed by atoms with van der Waals surface area (Å²) in [5.74, 6) is 0.0253. The number of nitro groups is 1. The van der Waals surface area contributed by atoms with E-state index in [-0.39, 0.29) is 16.5 Å². The summed E-state index contributed by atoms with van der Waals surface area (Å²) in [7, 11) is 0. The maximum atomic E-state index is 13.1. The quantitative estimate of drug-likeness (QED) is 0.546. The van der Waals surface area contributed by atoms with Crippen LogP contribution >= 0.6 is 11.8 Å². The number of hydrogen-bond acceptors (Lipinski definition) is 6. The zero-order valence-electron chi connectivity index (χ0n) is 16.2. The molecule has 2 heterocycles. The number of carbonyl (C=O) groups excluding carboxylic acids is 1. The topological polar surface area (TPSA) is 79.6 Å². The summed E-state index contributed by atoms with van der Waals surface area (Å²) in [4.78, 5) is 32.2. The number of piperazine rings is 1. The number of benzene rings is 1. The summed E-state index contributed by atoms with van der Waals surface area (Å²) in [5, 5.41) is 12.4. The summed E-state index contributed by atoms with van der Waals surface area (Å²) < 4.78 is 0. The molecule has 2 aliphatic rings. The van der Waals surface area contributed by atoms with E-state index in [1.54, 1.807) is 30.1 Å². The van der Waals surface area contributed by atoms with Crippen LogP contribution < -0.4 is 4.90 Å². The van der Waals surface area contributed by atoms with Gasteiger partial charge in [0.05, 0.1) is 10.5 Å². The van der Waals surface area contributed by atoms with E-state index in [1.165, 1.54) is 31.7 Å². The highest BCUT2D eigenvalue weighted by Gasteiger charge is 2.26. The van der Waals surface area contributed by atoms with Crippen molar-refractivity contribution in [2.24, 2.45) is 0 Å². The van der Waals surface area contributed by atoms with Crippen LogP contribution in [0.2, 0.25) is 0 Å². The molecule has 0 N–H and O–H groups in total. The van der Waals surface area contributed by atoms with Crippen LogP contribution in [0.5, 0.6) is 0 Å². The van der Waals surface area contributed by atoms with Gasteiger partial charge in [-0.1, -0.05) is 18.9 Å². The van der Waals surface area contributed by atoms with Gasteiger partial charge in [0.25, 0.3) is 11.6 Å². The normalized spacial score (nSPS) is 17.5. The van der Waals surface area contributed by atoms with E-state index in [0.29, 0.717) is 37.0 Å². The number of nitro benzene ring substituents is 1. The van der Waals surface area contributed by atoms with E-state index in [2.05, 4.69) is 9.88 Å². The number of rotatable bonds is 5. The molecule has 1 aromatic heterocycles. The number of anilines is 1. The third-order valence-corrected chi connectivity index (χ3v) is 6.91. The van der Waals surface area contributed by atoms with Gasteiger partial charge in [0, 0.05) is 55.4 Å². The minimum Gasteiger partial charge on any atom is -0.368 e. The molecule has 8 heteroatoms. The van der Waals surface area contributed by atoms with E-state index < -0.39 is 0 Å². The number of carbonyl (C=O) groups is 1. The van der Waals surface area contributed by atoms with E-state index in [1.807, 2.05) is 23.1 Å². The monoisotopic (exact) mass is 412 g/mol. The van der Waals surface area contributed by atoms with Crippen LogP contribution in [0.4, 0.5) is 11.4 Å². The molecule has 1 aliphatic heterocycles. The largest absolute Gasteiger partial charge is 0.368 e. The van der Waals surface area contributed by atoms with E-state index in [0.717, 1.165) is 10.7 Å². The Morgan fingerprint density at radius 1 is 1.10 bits per heavy atom. The van der Waals surface area contributed by atoms with Crippen molar-refractivity contribution >= 4 is 29.0 Å². The Morgan fingerprint density at radius 2 is 1.86 bits per heavy atom. The average Bonchev–Trinajstić information content (AvgIpc) is 3.27. The van der Waals surface area contributed by atoms with Crippen molar-refractivity contribution in [3.8, 4) is 0 Å². The molecule has 152 valence electrons. The minimum atomic E-state index is -0.380. The van der Waals surface area contributed by atoms with Gasteiger partial charge in [-0.2, -0.15) is 0 Å². The molecule has 29 heavy (non-hydrogen) atoms. The first-order valence-corrected chi connectivity index (χ1v) is 10.9. The van der Waals surface area contributed by atoms with Crippen molar-refractivity contribution in [1.29, 1.82) is 0 Å². The van der Waals surface area contributed by atoms with Gasteiger partial charge in [-0.15, -0.1) is 11.8 Å². The zero-order valence-corrected chi connectivity index (χ0v) is 17.0. The molecule has 1 saturated carbocycles. The predicted octanol–water partition coefficient (Wildman–Crippen LogP) is 3.99. The lowest BCUT2D eigenvalue weighted by molar-refractivity contribution is -0.384. The van der Waals surface area contributed by atoms with Crippen molar-refractivity contribution in [1.82, 2.24) is 9.88 Å². The number of pyridine rings is 1. The summed E-state index contributed by atoms with van der Waals surface area (Å²) in [6, 6.07) is 10.4. The first-order valence-electron chi connectivity index (χ1n) is 10.0. The van der Waals surface area contributed by atoms with Crippen LogP contribution in [0.15, 0.2) is 47.6 Å². The molecular weight excluding hydrogens is 388 g/mol. The molecule has 1 saturated heterocycles. The van der Waals surface area contributed by atoms with Gasteiger partial charge in [0.15, 0.2) is 0 Å². The summed E-state index contributed by atoms with van der Waals surface area (Å²) in [6.07, 6.45) is 6.66. The molecule has 2 aromatic rings. The fourth-order valence-electron chi connectivity index (χ4n) is 3.95. The zero-order chi connectivity index (χ0) is 20.2. The van der Waals surface area contributed by atoms with Gasteiger partial charge >= 0.3 is 0 Å². The van der Waals surface area contributed by atoms with Crippen molar-refractivity contribution in [2.75, 3.05) is 31.1 Å². The number of non-ortho nitro benzene ring substituents is 1. The van der Waals surface area contributed by atoms with Gasteiger partial charge in [0.2, 0.25) is 0 Å². The molecule has 2 fully saturated rings. The lowest BCUT2D eigenvalue weighted by Gasteiger charge is -2.36. The fourth-order valence-corrected chi connectivity index (χ4v) is 5.24. The molecule has 1 aromatic carbocycles. The molecule has 0 spiro atoms. The third kappa shape index (κ3) is 4.53. The van der Waals surface area contributed by atoms with E-state index in [9.17, 15) is 14.9 Å². The van der Waals surface area contributed by atoms with Crippen molar-refractivity contribution in [2.45, 2.75) is 36.0 Å². The minimum absolute atomic E-state index is 0.0253. The first-order chi connectivity index (χ1) is 14.1. The highest BCUT2D eigenvalue weighted by Crippen LogP contribution is 2.35. The van der Waals surface area contributed by atoms with Gasteiger partial charge in [0.1, 0.15) is 5.03 Å². The summed E-state index contributed by atoms with van der Waals surface area (Å²) in [5.41, 5.74) is 1.60. The highest BCUT2D eigenvalue weighted by molar-refractivity contribution is 7.99. The van der Waals surface area contributed by atoms with Crippen molar-refractivity contribution < 1.29 is 9.72 Å². The Labute approximate surface area is 174 Å². The second-order valence-corrected chi connectivity index (χ2v) is 8.73. The Balaban J connectivity index is 1.42. The molecule has 0 unspecified atom stereocenters. The van der Waals surface area contributed by atoms with E-state index >= 15 is 0 Å². The van der Waals surface area contributed by atoms with Crippen LogP contribution in [0.3, 0.4) is 0 Å². The molecule has 7 nitrogen and oxygen atoms in total. The van der Waals surface area contributed by atoms with Crippen LogP contribution in [-0.2, 0) is 0 Å². The molecule has 0 atom stereocenters. The van der Waals surface area contributed by atoms with Crippen LogP contribution in [0.1, 0.15) is 36.0 Å². The van der Waals surface area contributed by atoms with Crippen LogP contribution in [0.25, 0.3) is 0 Å². The Bertz CT molecular complexity index is 893. The molecule has 1 aliphatic carbocycles. The summed E-state index contributed by atoms with van der Waals surface area (Å²) in [6.45, 7) is 2.48. The fraction of sp³-hybridized carbons (Fsp3) is 0.429. The SMILES string of the molecule is O=C(c1cccnc1SC1CCCC1)N1CCN(c2cccc([N+](=O)[O-])c2)CC1. The molecule has 4 rings (SSSR count). The molecule has 0 radical (unpaired) electrons. The van der Waals surface area contributed by atoms with Crippen LogP contribution in [-0.4, -0.2) is 52.1 Å².